The number of aryl methyl sites for hydroxylation is 4. The highest BCUT2D eigenvalue weighted by molar-refractivity contribution is 8.00. The van der Waals surface area contributed by atoms with Crippen LogP contribution in [0.3, 0.4) is 0 Å². The standard InChI is InChI=1S/C27H27N3O2S2/c1-32-21-13-7-6-12-20(21)28-24(31)17-33-26-25-19-11-5-8-14-22(19)34-27(25)30-23(29-26)16-15-18-9-3-2-4-10-18/h2-4,6-7,9-10,12-13H,5,8,11,14-17H2,1H3,(H,28,31). The van der Waals surface area contributed by atoms with Crippen LogP contribution in [0.2, 0.25) is 0 Å². The van der Waals surface area contributed by atoms with Crippen molar-refractivity contribution >= 4 is 44.9 Å². The molecule has 0 aliphatic heterocycles. The van der Waals surface area contributed by atoms with E-state index in [4.69, 9.17) is 14.7 Å². The van der Waals surface area contributed by atoms with Gasteiger partial charge in [-0.2, -0.15) is 0 Å². The van der Waals surface area contributed by atoms with Gasteiger partial charge >= 0.3 is 0 Å². The molecule has 4 aromatic rings. The van der Waals surface area contributed by atoms with Gasteiger partial charge in [0.15, 0.2) is 0 Å². The maximum Gasteiger partial charge on any atom is 0.234 e. The lowest BCUT2D eigenvalue weighted by molar-refractivity contribution is -0.113. The van der Waals surface area contributed by atoms with Gasteiger partial charge in [-0.25, -0.2) is 9.97 Å². The van der Waals surface area contributed by atoms with E-state index in [1.807, 2.05) is 41.7 Å². The fourth-order valence-corrected chi connectivity index (χ4v) is 6.57. The van der Waals surface area contributed by atoms with E-state index in [0.717, 1.165) is 41.4 Å². The molecule has 0 unspecified atom stereocenters. The number of hydrogen-bond donors (Lipinski definition) is 1. The van der Waals surface area contributed by atoms with Crippen LogP contribution in [0, 0.1) is 0 Å². The molecule has 1 amide bonds. The first-order valence-electron chi connectivity index (χ1n) is 11.6. The lowest BCUT2D eigenvalue weighted by atomic mass is 9.97. The number of carbonyl (C=O) groups excluding carboxylic acids is 1. The molecule has 2 aromatic carbocycles. The summed E-state index contributed by atoms with van der Waals surface area (Å²) in [7, 11) is 1.61. The fraction of sp³-hybridized carbons (Fsp3) is 0.296. The van der Waals surface area contributed by atoms with Gasteiger partial charge in [0.1, 0.15) is 21.4 Å². The van der Waals surface area contributed by atoms with E-state index >= 15 is 0 Å². The topological polar surface area (TPSA) is 64.1 Å². The van der Waals surface area contributed by atoms with E-state index in [1.165, 1.54) is 46.0 Å². The van der Waals surface area contributed by atoms with Gasteiger partial charge in [-0.05, 0) is 55.4 Å². The van der Waals surface area contributed by atoms with Crippen LogP contribution in [-0.4, -0.2) is 28.7 Å². The van der Waals surface area contributed by atoms with Crippen LogP contribution in [-0.2, 0) is 30.5 Å². The Bertz CT molecular complexity index is 1300. The van der Waals surface area contributed by atoms with Crippen LogP contribution in [0.5, 0.6) is 5.75 Å². The van der Waals surface area contributed by atoms with Crippen LogP contribution >= 0.6 is 23.1 Å². The van der Waals surface area contributed by atoms with Gasteiger partial charge in [0.05, 0.1) is 18.6 Å². The number of hydrogen-bond acceptors (Lipinski definition) is 6. The molecule has 0 bridgehead atoms. The molecule has 0 spiro atoms. The number of fused-ring (bicyclic) bond motifs is 3. The van der Waals surface area contributed by atoms with Gasteiger partial charge in [0.25, 0.3) is 0 Å². The predicted molar refractivity (Wildman–Crippen MR) is 140 cm³/mol. The SMILES string of the molecule is COc1ccccc1NC(=O)CSc1nc(CCc2ccccc2)nc2sc3c(c12)CCCC3. The third-order valence-electron chi connectivity index (χ3n) is 6.03. The zero-order chi connectivity index (χ0) is 23.3. The summed E-state index contributed by atoms with van der Waals surface area (Å²) in [5.74, 6) is 1.71. The summed E-state index contributed by atoms with van der Waals surface area (Å²) in [6.45, 7) is 0. The third kappa shape index (κ3) is 5.10. The van der Waals surface area contributed by atoms with Crippen LogP contribution in [0.1, 0.15) is 34.7 Å². The van der Waals surface area contributed by atoms with Gasteiger partial charge in [0.2, 0.25) is 5.91 Å². The first-order valence-corrected chi connectivity index (χ1v) is 13.4. The minimum atomic E-state index is -0.0730. The second-order valence-electron chi connectivity index (χ2n) is 8.36. The second kappa shape index (κ2) is 10.6. The minimum Gasteiger partial charge on any atom is -0.495 e. The van der Waals surface area contributed by atoms with Crippen molar-refractivity contribution in [1.29, 1.82) is 0 Å². The molecule has 2 aromatic heterocycles. The number of nitrogens with zero attached hydrogens (tertiary/aromatic N) is 2. The molecule has 1 N–H and O–H groups in total. The van der Waals surface area contributed by atoms with Crippen molar-refractivity contribution in [3.63, 3.8) is 0 Å². The van der Waals surface area contributed by atoms with E-state index in [9.17, 15) is 4.79 Å². The Labute approximate surface area is 208 Å². The highest BCUT2D eigenvalue weighted by Gasteiger charge is 2.22. The molecule has 0 radical (unpaired) electrons. The molecule has 1 aliphatic carbocycles. The number of thiophene rings is 1. The van der Waals surface area contributed by atoms with Crippen molar-refractivity contribution in [1.82, 2.24) is 9.97 Å². The third-order valence-corrected chi connectivity index (χ3v) is 8.19. The van der Waals surface area contributed by atoms with Crippen molar-refractivity contribution in [3.8, 4) is 5.75 Å². The fourth-order valence-electron chi connectivity index (χ4n) is 4.35. The van der Waals surface area contributed by atoms with Crippen LogP contribution in [0.4, 0.5) is 5.69 Å². The van der Waals surface area contributed by atoms with Gasteiger partial charge in [0, 0.05) is 16.7 Å². The average molecular weight is 490 g/mol. The van der Waals surface area contributed by atoms with Gasteiger partial charge in [-0.1, -0.05) is 54.2 Å². The zero-order valence-corrected chi connectivity index (χ0v) is 20.8. The Morgan fingerprint density at radius 3 is 2.68 bits per heavy atom. The average Bonchev–Trinajstić information content (AvgIpc) is 3.25. The monoisotopic (exact) mass is 489 g/mol. The molecule has 174 valence electrons. The summed E-state index contributed by atoms with van der Waals surface area (Å²) in [6, 6.07) is 17.9. The van der Waals surface area contributed by atoms with Crippen molar-refractivity contribution in [2.75, 3.05) is 18.2 Å². The summed E-state index contributed by atoms with van der Waals surface area (Å²) in [5.41, 5.74) is 3.36. The molecule has 0 atom stereocenters. The van der Waals surface area contributed by atoms with Crippen LogP contribution in [0.15, 0.2) is 59.6 Å². The maximum absolute atomic E-state index is 12.8. The number of methoxy groups -OCH3 is 1. The van der Waals surface area contributed by atoms with Gasteiger partial charge in [-0.3, -0.25) is 4.79 Å². The Kier molecular flexibility index (Phi) is 7.11. The number of para-hydroxylation sites is 2. The molecule has 2 heterocycles. The molecule has 5 rings (SSSR count). The molecule has 0 fully saturated rings. The molecule has 0 saturated carbocycles. The Hall–Kier alpha value is -2.90. The Morgan fingerprint density at radius 2 is 1.82 bits per heavy atom. The van der Waals surface area contributed by atoms with Crippen molar-refractivity contribution in [2.45, 2.75) is 43.6 Å². The molecule has 0 saturated heterocycles. The van der Waals surface area contributed by atoms with Gasteiger partial charge in [-0.15, -0.1) is 11.3 Å². The number of nitrogens with one attached hydrogen (secondary N) is 1. The number of thioether (sulfide) groups is 1. The number of amides is 1. The van der Waals surface area contributed by atoms with Crippen molar-refractivity contribution in [2.24, 2.45) is 0 Å². The quantitative estimate of drug-likeness (QED) is 0.239. The highest BCUT2D eigenvalue weighted by atomic mass is 32.2. The maximum atomic E-state index is 12.8. The van der Waals surface area contributed by atoms with E-state index in [0.29, 0.717) is 11.4 Å². The molecule has 7 heteroatoms. The summed E-state index contributed by atoms with van der Waals surface area (Å²) in [5, 5.41) is 5.07. The first kappa shape index (κ1) is 22.9. The largest absolute Gasteiger partial charge is 0.495 e. The van der Waals surface area contributed by atoms with E-state index < -0.39 is 0 Å². The molecule has 1 aliphatic rings. The zero-order valence-electron chi connectivity index (χ0n) is 19.2. The van der Waals surface area contributed by atoms with Crippen LogP contribution in [0.25, 0.3) is 10.2 Å². The number of ether oxygens (including phenoxy) is 1. The lowest BCUT2D eigenvalue weighted by Crippen LogP contribution is -2.15. The smallest absolute Gasteiger partial charge is 0.234 e. The number of anilines is 1. The van der Waals surface area contributed by atoms with Gasteiger partial charge < -0.3 is 10.1 Å². The second-order valence-corrected chi connectivity index (χ2v) is 10.4. The number of rotatable bonds is 8. The molecule has 5 nitrogen and oxygen atoms in total. The van der Waals surface area contributed by atoms with E-state index in [1.54, 1.807) is 7.11 Å². The van der Waals surface area contributed by atoms with Crippen LogP contribution < -0.4 is 10.1 Å². The molecular formula is C27H27N3O2S2. The van der Waals surface area contributed by atoms with E-state index in [-0.39, 0.29) is 11.7 Å². The predicted octanol–water partition coefficient (Wildman–Crippen LogP) is 6.09. The summed E-state index contributed by atoms with van der Waals surface area (Å²) in [6.07, 6.45) is 6.31. The first-order chi connectivity index (χ1) is 16.7. The normalized spacial score (nSPS) is 13.0. The summed E-state index contributed by atoms with van der Waals surface area (Å²) >= 11 is 3.32. The minimum absolute atomic E-state index is 0.0730. The number of aromatic nitrogens is 2. The molecule has 34 heavy (non-hydrogen) atoms. The summed E-state index contributed by atoms with van der Waals surface area (Å²) < 4.78 is 5.36. The number of benzene rings is 2. The summed E-state index contributed by atoms with van der Waals surface area (Å²) in [4.78, 5) is 25.2. The Morgan fingerprint density at radius 1 is 1.03 bits per heavy atom. The molecular weight excluding hydrogens is 462 g/mol. The van der Waals surface area contributed by atoms with E-state index in [2.05, 4.69) is 29.6 Å². The van der Waals surface area contributed by atoms with Crippen molar-refractivity contribution < 1.29 is 9.53 Å². The Balaban J connectivity index is 1.38. The highest BCUT2D eigenvalue weighted by Crippen LogP contribution is 2.40. The van der Waals surface area contributed by atoms with Crippen molar-refractivity contribution in [3.05, 3.63) is 76.4 Å². The lowest BCUT2D eigenvalue weighted by Gasteiger charge is -2.13. The number of carbonyl (C=O) groups is 1.